The predicted molar refractivity (Wildman–Crippen MR) is 103 cm³/mol. The first-order chi connectivity index (χ1) is 14.0. The van der Waals surface area contributed by atoms with E-state index in [0.29, 0.717) is 18.5 Å². The van der Waals surface area contributed by atoms with Gasteiger partial charge in [-0.3, -0.25) is 4.79 Å². The lowest BCUT2D eigenvalue weighted by molar-refractivity contribution is -0.277. The molecule has 1 amide bonds. The molecule has 0 aromatic heterocycles. The standard InChI is InChI=1S/C21H25NO7/c23-12-16-17(24)18(25)19(26)21(29-16)28-15-8-4-7-14(11-15)20(27)22-10-9-13-5-2-1-3-6-13/h1-8,11,16-19,21,23-26H,9-10,12H2,(H,22,27)/t16?,17?,18?,19?,21-/m0/s1. The minimum Gasteiger partial charge on any atom is -0.462 e. The number of carbonyl (C=O) groups excluding carboxylic acids is 1. The zero-order valence-corrected chi connectivity index (χ0v) is 15.7. The van der Waals surface area contributed by atoms with Crippen molar-refractivity contribution < 1.29 is 34.7 Å². The van der Waals surface area contributed by atoms with Gasteiger partial charge < -0.3 is 35.2 Å². The molecule has 1 aliphatic rings. The Morgan fingerprint density at radius 1 is 1.00 bits per heavy atom. The molecule has 1 fully saturated rings. The van der Waals surface area contributed by atoms with Gasteiger partial charge in [0.25, 0.3) is 5.91 Å². The summed E-state index contributed by atoms with van der Waals surface area (Å²) < 4.78 is 10.9. The molecular weight excluding hydrogens is 378 g/mol. The van der Waals surface area contributed by atoms with Gasteiger partial charge in [-0.15, -0.1) is 0 Å². The minimum absolute atomic E-state index is 0.241. The molecule has 2 aromatic carbocycles. The van der Waals surface area contributed by atoms with E-state index in [2.05, 4.69) is 5.32 Å². The van der Waals surface area contributed by atoms with Gasteiger partial charge in [-0.05, 0) is 30.2 Å². The maximum Gasteiger partial charge on any atom is 0.251 e. The topological polar surface area (TPSA) is 128 Å². The Morgan fingerprint density at radius 2 is 1.76 bits per heavy atom. The summed E-state index contributed by atoms with van der Waals surface area (Å²) in [7, 11) is 0. The average molecular weight is 403 g/mol. The van der Waals surface area contributed by atoms with Crippen LogP contribution in [0.25, 0.3) is 0 Å². The number of carbonyl (C=O) groups is 1. The smallest absolute Gasteiger partial charge is 0.251 e. The Hall–Kier alpha value is -2.49. The quantitative estimate of drug-likeness (QED) is 0.434. The van der Waals surface area contributed by atoms with E-state index in [-0.39, 0.29) is 11.7 Å². The Morgan fingerprint density at radius 3 is 2.48 bits per heavy atom. The van der Waals surface area contributed by atoms with Crippen LogP contribution in [-0.4, -0.2) is 70.2 Å². The van der Waals surface area contributed by atoms with E-state index < -0.39 is 37.3 Å². The first kappa shape index (κ1) is 21.2. The van der Waals surface area contributed by atoms with E-state index in [4.69, 9.17) is 9.47 Å². The lowest BCUT2D eigenvalue weighted by Gasteiger charge is -2.39. The second-order valence-corrected chi connectivity index (χ2v) is 6.83. The molecule has 3 rings (SSSR count). The van der Waals surface area contributed by atoms with Crippen molar-refractivity contribution in [3.63, 3.8) is 0 Å². The molecule has 156 valence electrons. The molecule has 4 unspecified atom stereocenters. The highest BCUT2D eigenvalue weighted by atomic mass is 16.7. The highest BCUT2D eigenvalue weighted by Gasteiger charge is 2.44. The summed E-state index contributed by atoms with van der Waals surface area (Å²) >= 11 is 0. The van der Waals surface area contributed by atoms with Gasteiger partial charge in [-0.25, -0.2) is 0 Å². The van der Waals surface area contributed by atoms with E-state index in [9.17, 15) is 25.2 Å². The van der Waals surface area contributed by atoms with E-state index in [1.165, 1.54) is 6.07 Å². The van der Waals surface area contributed by atoms with Crippen molar-refractivity contribution in [3.05, 3.63) is 65.7 Å². The summed E-state index contributed by atoms with van der Waals surface area (Å²) in [5, 5.41) is 41.8. The van der Waals surface area contributed by atoms with Crippen molar-refractivity contribution in [2.75, 3.05) is 13.2 Å². The molecule has 1 heterocycles. The summed E-state index contributed by atoms with van der Waals surface area (Å²) in [6.45, 7) is -0.0741. The number of benzene rings is 2. The molecule has 8 heteroatoms. The summed E-state index contributed by atoms with van der Waals surface area (Å²) in [6.07, 6.45) is -6.18. The van der Waals surface area contributed by atoms with Crippen molar-refractivity contribution in [2.24, 2.45) is 0 Å². The lowest BCUT2D eigenvalue weighted by Crippen LogP contribution is -2.60. The molecule has 5 atom stereocenters. The van der Waals surface area contributed by atoms with Gasteiger partial charge in [0.1, 0.15) is 30.2 Å². The van der Waals surface area contributed by atoms with E-state index >= 15 is 0 Å². The van der Waals surface area contributed by atoms with E-state index in [1.807, 2.05) is 30.3 Å². The summed E-state index contributed by atoms with van der Waals surface area (Å²) in [4.78, 5) is 12.4. The van der Waals surface area contributed by atoms with Crippen LogP contribution in [0.2, 0.25) is 0 Å². The fourth-order valence-electron chi connectivity index (χ4n) is 3.08. The highest BCUT2D eigenvalue weighted by Crippen LogP contribution is 2.24. The zero-order valence-electron chi connectivity index (χ0n) is 15.7. The molecule has 2 aromatic rings. The number of nitrogens with one attached hydrogen (secondary N) is 1. The Kier molecular flexibility index (Phi) is 7.18. The summed E-state index contributed by atoms with van der Waals surface area (Å²) in [6, 6.07) is 16.1. The number of amides is 1. The molecular formula is C21H25NO7. The van der Waals surface area contributed by atoms with Crippen LogP contribution in [0.4, 0.5) is 0 Å². The number of hydrogen-bond acceptors (Lipinski definition) is 7. The van der Waals surface area contributed by atoms with E-state index in [1.54, 1.807) is 18.2 Å². The number of ether oxygens (including phenoxy) is 2. The first-order valence-corrected chi connectivity index (χ1v) is 9.39. The molecule has 0 aliphatic carbocycles. The molecule has 5 N–H and O–H groups in total. The van der Waals surface area contributed by atoms with Crippen LogP contribution >= 0.6 is 0 Å². The molecule has 0 bridgehead atoms. The Balaban J connectivity index is 1.59. The van der Waals surface area contributed by atoms with Crippen molar-refractivity contribution >= 4 is 5.91 Å². The number of rotatable bonds is 7. The molecule has 8 nitrogen and oxygen atoms in total. The van der Waals surface area contributed by atoms with Gasteiger partial charge in [0, 0.05) is 12.1 Å². The minimum atomic E-state index is -1.53. The third-order valence-corrected chi connectivity index (χ3v) is 4.74. The van der Waals surface area contributed by atoms with Crippen LogP contribution < -0.4 is 10.1 Å². The highest BCUT2D eigenvalue weighted by molar-refractivity contribution is 5.94. The van der Waals surface area contributed by atoms with E-state index in [0.717, 1.165) is 5.56 Å². The summed E-state index contributed by atoms with van der Waals surface area (Å²) in [5.74, 6) is -0.0368. The fourth-order valence-corrected chi connectivity index (χ4v) is 3.08. The number of aliphatic hydroxyl groups is 4. The maximum atomic E-state index is 12.4. The summed E-state index contributed by atoms with van der Waals surface area (Å²) in [5.41, 5.74) is 1.48. The molecule has 1 saturated heterocycles. The molecule has 0 saturated carbocycles. The molecule has 29 heavy (non-hydrogen) atoms. The second kappa shape index (κ2) is 9.82. The third kappa shape index (κ3) is 5.31. The van der Waals surface area contributed by atoms with Crippen molar-refractivity contribution in [3.8, 4) is 5.75 Å². The van der Waals surface area contributed by atoms with Gasteiger partial charge in [-0.1, -0.05) is 36.4 Å². The SMILES string of the molecule is O=C(NCCc1ccccc1)c1cccc(O[C@H]2OC(CO)C(O)C(O)C2O)c1. The van der Waals surface area contributed by atoms with Gasteiger partial charge in [0.15, 0.2) is 0 Å². The third-order valence-electron chi connectivity index (χ3n) is 4.74. The van der Waals surface area contributed by atoms with Crippen LogP contribution in [0, 0.1) is 0 Å². The zero-order chi connectivity index (χ0) is 20.8. The van der Waals surface area contributed by atoms with Gasteiger partial charge in [-0.2, -0.15) is 0 Å². The number of hydrogen-bond donors (Lipinski definition) is 5. The normalized spacial score (nSPS) is 26.7. The lowest BCUT2D eigenvalue weighted by atomic mass is 9.99. The number of aliphatic hydroxyl groups excluding tert-OH is 4. The van der Waals surface area contributed by atoms with Crippen LogP contribution in [0.1, 0.15) is 15.9 Å². The first-order valence-electron chi connectivity index (χ1n) is 9.39. The maximum absolute atomic E-state index is 12.4. The van der Waals surface area contributed by atoms with Crippen molar-refractivity contribution in [2.45, 2.75) is 37.1 Å². The predicted octanol–water partition coefficient (Wildman–Crippen LogP) is -0.162. The monoisotopic (exact) mass is 403 g/mol. The van der Waals surface area contributed by atoms with Gasteiger partial charge in [0.2, 0.25) is 6.29 Å². The largest absolute Gasteiger partial charge is 0.462 e. The van der Waals surface area contributed by atoms with Crippen LogP contribution in [-0.2, 0) is 11.2 Å². The second-order valence-electron chi connectivity index (χ2n) is 6.83. The fraction of sp³-hybridized carbons (Fsp3) is 0.381. The molecule has 1 aliphatic heterocycles. The van der Waals surface area contributed by atoms with Crippen LogP contribution in [0.5, 0.6) is 5.75 Å². The molecule has 0 spiro atoms. The van der Waals surface area contributed by atoms with Crippen molar-refractivity contribution in [1.82, 2.24) is 5.32 Å². The van der Waals surface area contributed by atoms with Crippen LogP contribution in [0.3, 0.4) is 0 Å². The van der Waals surface area contributed by atoms with Crippen LogP contribution in [0.15, 0.2) is 54.6 Å². The van der Waals surface area contributed by atoms with Gasteiger partial charge >= 0.3 is 0 Å². The Labute approximate surface area is 168 Å². The Bertz CT molecular complexity index is 799. The molecule has 0 radical (unpaired) electrons. The average Bonchev–Trinajstić information content (AvgIpc) is 2.75. The van der Waals surface area contributed by atoms with Gasteiger partial charge in [0.05, 0.1) is 6.61 Å². The van der Waals surface area contributed by atoms with Crippen molar-refractivity contribution in [1.29, 1.82) is 0 Å².